The highest BCUT2D eigenvalue weighted by Gasteiger charge is 2.14. The number of nitrogens with two attached hydrogens (primary N) is 1. The number of ether oxygens (including phenoxy) is 2. The number of aryl methyl sites for hydroxylation is 1. The van der Waals surface area contributed by atoms with Crippen molar-refractivity contribution >= 4 is 43.0 Å². The molecule has 1 atom stereocenters. The van der Waals surface area contributed by atoms with Crippen molar-refractivity contribution in [2.75, 3.05) is 19.8 Å². The van der Waals surface area contributed by atoms with Crippen LogP contribution in [0.1, 0.15) is 11.9 Å². The highest BCUT2D eigenvalue weighted by atomic mass is 32.1. The highest BCUT2D eigenvalue weighted by Crippen LogP contribution is 2.38. The van der Waals surface area contributed by atoms with E-state index in [0.717, 1.165) is 26.4 Å². The van der Waals surface area contributed by atoms with E-state index < -0.39 is 0 Å². The number of hydrogen-bond acceptors (Lipinski definition) is 6. The van der Waals surface area contributed by atoms with Crippen molar-refractivity contribution in [3.05, 3.63) is 22.5 Å². The summed E-state index contributed by atoms with van der Waals surface area (Å²) in [5, 5.41) is 4.27. The number of benzene rings is 1. The van der Waals surface area contributed by atoms with Gasteiger partial charge in [-0.3, -0.25) is 0 Å². The van der Waals surface area contributed by atoms with Crippen LogP contribution in [0.2, 0.25) is 0 Å². The van der Waals surface area contributed by atoms with Gasteiger partial charge in [0.2, 0.25) is 0 Å². The third kappa shape index (κ3) is 2.89. The van der Waals surface area contributed by atoms with Gasteiger partial charge >= 0.3 is 0 Å². The van der Waals surface area contributed by atoms with E-state index in [1.807, 2.05) is 13.8 Å². The molecule has 2 heterocycles. The summed E-state index contributed by atoms with van der Waals surface area (Å²) in [4.78, 5) is 4.62. The van der Waals surface area contributed by atoms with Crippen LogP contribution in [0, 0.1) is 6.92 Å². The van der Waals surface area contributed by atoms with E-state index in [4.69, 9.17) is 15.2 Å². The lowest BCUT2D eigenvalue weighted by molar-refractivity contribution is 0.0341. The quantitative estimate of drug-likeness (QED) is 0.754. The summed E-state index contributed by atoms with van der Waals surface area (Å²) in [7, 11) is 0. The Hall–Kier alpha value is -1.21. The second kappa shape index (κ2) is 6.27. The Morgan fingerprint density at radius 1 is 1.43 bits per heavy atom. The predicted molar refractivity (Wildman–Crippen MR) is 89.7 cm³/mol. The highest BCUT2D eigenvalue weighted by molar-refractivity contribution is 7.21. The van der Waals surface area contributed by atoms with E-state index in [1.165, 1.54) is 4.70 Å². The van der Waals surface area contributed by atoms with Gasteiger partial charge in [-0.25, -0.2) is 4.98 Å². The topological polar surface area (TPSA) is 57.4 Å². The van der Waals surface area contributed by atoms with E-state index in [-0.39, 0.29) is 6.10 Å². The smallest absolute Gasteiger partial charge is 0.129 e. The van der Waals surface area contributed by atoms with E-state index in [0.29, 0.717) is 19.8 Å². The van der Waals surface area contributed by atoms with Crippen LogP contribution in [-0.4, -0.2) is 30.8 Å². The van der Waals surface area contributed by atoms with E-state index in [9.17, 15) is 0 Å². The number of nitrogens with zero attached hydrogens (tertiary/aromatic N) is 1. The molecule has 2 aromatic heterocycles. The molecule has 0 saturated carbocycles. The first-order chi connectivity index (χ1) is 10.2. The van der Waals surface area contributed by atoms with Gasteiger partial charge < -0.3 is 15.2 Å². The Labute approximate surface area is 131 Å². The minimum absolute atomic E-state index is 0.0671. The fraction of sp³-hybridized carbons (Fsp3) is 0.400. The van der Waals surface area contributed by atoms with Crippen molar-refractivity contribution < 1.29 is 9.47 Å². The van der Waals surface area contributed by atoms with Gasteiger partial charge in [-0.15, -0.1) is 22.7 Å². The molecule has 0 bridgehead atoms. The second-order valence-corrected chi connectivity index (χ2v) is 6.89. The fourth-order valence-corrected chi connectivity index (χ4v) is 4.14. The Balaban J connectivity index is 1.94. The van der Waals surface area contributed by atoms with Gasteiger partial charge in [0.25, 0.3) is 0 Å². The van der Waals surface area contributed by atoms with E-state index >= 15 is 0 Å². The number of thiophene rings is 1. The van der Waals surface area contributed by atoms with Crippen LogP contribution in [0.25, 0.3) is 20.3 Å². The first kappa shape index (κ1) is 14.7. The number of hydrogen-bond donors (Lipinski definition) is 1. The summed E-state index contributed by atoms with van der Waals surface area (Å²) < 4.78 is 13.9. The molecule has 0 fully saturated rings. The van der Waals surface area contributed by atoms with E-state index in [2.05, 4.69) is 22.5 Å². The summed E-state index contributed by atoms with van der Waals surface area (Å²) in [5.74, 6) is 0.889. The van der Waals surface area contributed by atoms with Gasteiger partial charge in [0.1, 0.15) is 18.5 Å². The molecule has 3 rings (SSSR count). The SMILES string of the molecule is CCOC(CN)COc1cc2sc(C)nc2c2sccc12. The minimum atomic E-state index is -0.0671. The molecule has 0 aliphatic carbocycles. The minimum Gasteiger partial charge on any atom is -0.490 e. The van der Waals surface area contributed by atoms with Crippen molar-refractivity contribution in [1.82, 2.24) is 4.98 Å². The van der Waals surface area contributed by atoms with Crippen molar-refractivity contribution in [1.29, 1.82) is 0 Å². The molecule has 0 spiro atoms. The van der Waals surface area contributed by atoms with Crippen molar-refractivity contribution in [2.45, 2.75) is 20.0 Å². The number of aromatic nitrogens is 1. The zero-order chi connectivity index (χ0) is 14.8. The summed E-state index contributed by atoms with van der Waals surface area (Å²) >= 11 is 3.40. The number of thiazole rings is 1. The van der Waals surface area contributed by atoms with Crippen LogP contribution in [0.15, 0.2) is 17.5 Å². The summed E-state index contributed by atoms with van der Waals surface area (Å²) in [6, 6.07) is 4.16. The maximum absolute atomic E-state index is 5.98. The first-order valence-corrected chi connectivity index (χ1v) is 8.64. The molecule has 1 aromatic carbocycles. The molecule has 0 saturated heterocycles. The van der Waals surface area contributed by atoms with Crippen molar-refractivity contribution in [3.8, 4) is 5.75 Å². The standard InChI is InChI=1S/C15H18N2O2S2/c1-3-18-10(7-16)8-19-12-6-13-14(17-9(2)21-13)15-11(12)4-5-20-15/h4-6,10H,3,7-8,16H2,1-2H3. The molecule has 0 aliphatic rings. The first-order valence-electron chi connectivity index (χ1n) is 6.94. The third-order valence-electron chi connectivity index (χ3n) is 3.26. The second-order valence-electron chi connectivity index (χ2n) is 4.74. The zero-order valence-electron chi connectivity index (χ0n) is 12.1. The lowest BCUT2D eigenvalue weighted by atomic mass is 10.2. The molecule has 0 radical (unpaired) electrons. The van der Waals surface area contributed by atoms with Gasteiger partial charge in [0, 0.05) is 24.6 Å². The summed E-state index contributed by atoms with van der Waals surface area (Å²) in [6.45, 7) is 5.57. The molecule has 112 valence electrons. The van der Waals surface area contributed by atoms with Crippen molar-refractivity contribution in [2.24, 2.45) is 5.73 Å². The molecule has 6 heteroatoms. The van der Waals surface area contributed by atoms with Gasteiger partial charge in [0.15, 0.2) is 0 Å². The maximum Gasteiger partial charge on any atom is 0.129 e. The average Bonchev–Trinajstić information content (AvgIpc) is 3.08. The fourth-order valence-electron chi connectivity index (χ4n) is 2.31. The Morgan fingerprint density at radius 3 is 3.05 bits per heavy atom. The van der Waals surface area contributed by atoms with Crippen LogP contribution in [0.3, 0.4) is 0 Å². The van der Waals surface area contributed by atoms with Crippen LogP contribution < -0.4 is 10.5 Å². The van der Waals surface area contributed by atoms with Crippen LogP contribution >= 0.6 is 22.7 Å². The molecule has 4 nitrogen and oxygen atoms in total. The molecular formula is C15H18N2O2S2. The lowest BCUT2D eigenvalue weighted by Crippen LogP contribution is -2.30. The molecule has 1 unspecified atom stereocenters. The van der Waals surface area contributed by atoms with Gasteiger partial charge in [0.05, 0.1) is 19.9 Å². The average molecular weight is 322 g/mol. The normalized spacial score (nSPS) is 13.1. The Bertz CT molecular complexity index is 751. The van der Waals surface area contributed by atoms with Gasteiger partial charge in [-0.1, -0.05) is 0 Å². The Morgan fingerprint density at radius 2 is 2.29 bits per heavy atom. The summed E-state index contributed by atoms with van der Waals surface area (Å²) in [5.41, 5.74) is 6.78. The van der Waals surface area contributed by atoms with Crippen molar-refractivity contribution in [3.63, 3.8) is 0 Å². The van der Waals surface area contributed by atoms with E-state index in [1.54, 1.807) is 22.7 Å². The number of rotatable bonds is 6. The third-order valence-corrected chi connectivity index (χ3v) is 5.10. The van der Waals surface area contributed by atoms with Gasteiger partial charge in [-0.2, -0.15) is 0 Å². The van der Waals surface area contributed by atoms with Crippen LogP contribution in [0.4, 0.5) is 0 Å². The summed E-state index contributed by atoms with van der Waals surface area (Å²) in [6.07, 6.45) is -0.0671. The molecule has 2 N–H and O–H groups in total. The largest absolute Gasteiger partial charge is 0.490 e. The molecular weight excluding hydrogens is 304 g/mol. The monoisotopic (exact) mass is 322 g/mol. The maximum atomic E-state index is 5.98. The zero-order valence-corrected chi connectivity index (χ0v) is 13.7. The molecule has 21 heavy (non-hydrogen) atoms. The predicted octanol–water partition coefficient (Wildman–Crippen LogP) is 3.56. The lowest BCUT2D eigenvalue weighted by Gasteiger charge is -2.16. The number of fused-ring (bicyclic) bond motifs is 3. The molecule has 0 amide bonds. The van der Waals surface area contributed by atoms with Crippen LogP contribution in [-0.2, 0) is 4.74 Å². The van der Waals surface area contributed by atoms with Gasteiger partial charge in [-0.05, 0) is 25.3 Å². The Kier molecular flexibility index (Phi) is 4.40. The van der Waals surface area contributed by atoms with Crippen LogP contribution in [0.5, 0.6) is 5.75 Å². The molecule has 3 aromatic rings. The molecule has 0 aliphatic heterocycles.